The van der Waals surface area contributed by atoms with Gasteiger partial charge >= 0.3 is 0 Å². The number of nitrogens with zero attached hydrogens (tertiary/aromatic N) is 1. The van der Waals surface area contributed by atoms with Crippen molar-refractivity contribution in [2.75, 3.05) is 7.05 Å². The zero-order chi connectivity index (χ0) is 12.5. The molecule has 0 bridgehead atoms. The van der Waals surface area contributed by atoms with E-state index in [-0.39, 0.29) is 6.04 Å². The molecule has 1 unspecified atom stereocenters. The topological polar surface area (TPSA) is 24.9 Å². The van der Waals surface area contributed by atoms with Crippen molar-refractivity contribution in [1.82, 2.24) is 10.3 Å². The summed E-state index contributed by atoms with van der Waals surface area (Å²) in [6.07, 6.45) is 0. The number of aryl methyl sites for hydroxylation is 1. The van der Waals surface area contributed by atoms with Crippen molar-refractivity contribution >= 4 is 32.8 Å². The van der Waals surface area contributed by atoms with Crippen LogP contribution in [0.2, 0.25) is 0 Å². The van der Waals surface area contributed by atoms with Crippen LogP contribution in [0.25, 0.3) is 10.1 Å². The highest BCUT2D eigenvalue weighted by atomic mass is 32.1. The highest BCUT2D eigenvalue weighted by Crippen LogP contribution is 2.32. The van der Waals surface area contributed by atoms with E-state index in [1.165, 1.54) is 15.6 Å². The lowest BCUT2D eigenvalue weighted by atomic mass is 10.0. The molecule has 3 rings (SSSR count). The standard InChI is InChI=1S/C14H14N2S2/c1-9-16-12(8-18-9)13(15-2)11-5-3-4-10-6-7-17-14(10)11/h3-8,13,15H,1-2H3. The number of fused-ring (bicyclic) bond motifs is 1. The number of nitrogens with one attached hydrogen (secondary N) is 1. The fourth-order valence-electron chi connectivity index (χ4n) is 2.22. The molecule has 0 aliphatic carbocycles. The van der Waals surface area contributed by atoms with Crippen LogP contribution in [0.15, 0.2) is 35.0 Å². The lowest BCUT2D eigenvalue weighted by Crippen LogP contribution is -2.18. The van der Waals surface area contributed by atoms with Gasteiger partial charge in [0.2, 0.25) is 0 Å². The Morgan fingerprint density at radius 3 is 2.83 bits per heavy atom. The van der Waals surface area contributed by atoms with Crippen molar-refractivity contribution in [2.45, 2.75) is 13.0 Å². The fraction of sp³-hybridized carbons (Fsp3) is 0.214. The third kappa shape index (κ3) is 1.96. The highest BCUT2D eigenvalue weighted by molar-refractivity contribution is 7.17. The summed E-state index contributed by atoms with van der Waals surface area (Å²) in [6.45, 7) is 2.05. The highest BCUT2D eigenvalue weighted by Gasteiger charge is 2.17. The van der Waals surface area contributed by atoms with Gasteiger partial charge in [-0.3, -0.25) is 0 Å². The predicted molar refractivity (Wildman–Crippen MR) is 79.6 cm³/mol. The van der Waals surface area contributed by atoms with E-state index in [1.807, 2.05) is 14.0 Å². The maximum atomic E-state index is 4.61. The van der Waals surface area contributed by atoms with E-state index < -0.39 is 0 Å². The Bertz CT molecular complexity index is 669. The van der Waals surface area contributed by atoms with Gasteiger partial charge in [-0.1, -0.05) is 18.2 Å². The first kappa shape index (κ1) is 11.8. The van der Waals surface area contributed by atoms with Crippen LogP contribution in [0.3, 0.4) is 0 Å². The summed E-state index contributed by atoms with van der Waals surface area (Å²) in [7, 11) is 1.99. The molecule has 1 atom stereocenters. The molecule has 0 spiro atoms. The summed E-state index contributed by atoms with van der Waals surface area (Å²) in [5.41, 5.74) is 2.43. The van der Waals surface area contributed by atoms with Gasteiger partial charge in [-0.15, -0.1) is 22.7 Å². The summed E-state index contributed by atoms with van der Waals surface area (Å²) >= 11 is 3.50. The molecular weight excluding hydrogens is 260 g/mol. The minimum Gasteiger partial charge on any atom is -0.308 e. The first-order valence-corrected chi connectivity index (χ1v) is 7.61. The maximum Gasteiger partial charge on any atom is 0.0898 e. The molecule has 2 nitrogen and oxygen atoms in total. The lowest BCUT2D eigenvalue weighted by Gasteiger charge is -2.15. The van der Waals surface area contributed by atoms with E-state index in [9.17, 15) is 0 Å². The molecule has 1 aromatic carbocycles. The Labute approximate surface area is 114 Å². The lowest BCUT2D eigenvalue weighted by molar-refractivity contribution is 0.679. The number of aromatic nitrogens is 1. The predicted octanol–water partition coefficient (Wildman–Crippen LogP) is 3.98. The van der Waals surface area contributed by atoms with Gasteiger partial charge in [-0.2, -0.15) is 0 Å². The fourth-order valence-corrected chi connectivity index (χ4v) is 3.80. The third-order valence-corrected chi connectivity index (χ3v) is 4.81. The van der Waals surface area contributed by atoms with Crippen molar-refractivity contribution < 1.29 is 0 Å². The van der Waals surface area contributed by atoms with Crippen LogP contribution >= 0.6 is 22.7 Å². The third-order valence-electron chi connectivity index (χ3n) is 3.04. The second-order valence-electron chi connectivity index (χ2n) is 4.20. The number of hydrogen-bond acceptors (Lipinski definition) is 4. The summed E-state index contributed by atoms with van der Waals surface area (Å²) in [5, 5.41) is 10.1. The van der Waals surface area contributed by atoms with E-state index in [1.54, 1.807) is 22.7 Å². The number of thiazole rings is 1. The quantitative estimate of drug-likeness (QED) is 0.781. The molecule has 0 fully saturated rings. The van der Waals surface area contributed by atoms with E-state index in [2.05, 4.69) is 45.3 Å². The molecule has 92 valence electrons. The SMILES string of the molecule is CNC(c1csc(C)n1)c1cccc2ccsc12. The van der Waals surface area contributed by atoms with E-state index in [0.29, 0.717) is 0 Å². The van der Waals surface area contributed by atoms with Gasteiger partial charge in [0.05, 0.1) is 16.7 Å². The van der Waals surface area contributed by atoms with Gasteiger partial charge in [0.15, 0.2) is 0 Å². The molecule has 0 saturated carbocycles. The number of thiophene rings is 1. The van der Waals surface area contributed by atoms with Crippen LogP contribution in [0.1, 0.15) is 22.3 Å². The summed E-state index contributed by atoms with van der Waals surface area (Å²) in [5.74, 6) is 0. The largest absolute Gasteiger partial charge is 0.308 e. The van der Waals surface area contributed by atoms with Gasteiger partial charge in [-0.05, 0) is 36.4 Å². The summed E-state index contributed by atoms with van der Waals surface area (Å²) in [4.78, 5) is 4.61. The van der Waals surface area contributed by atoms with Crippen molar-refractivity contribution in [2.24, 2.45) is 0 Å². The van der Waals surface area contributed by atoms with Gasteiger partial charge < -0.3 is 5.32 Å². The van der Waals surface area contributed by atoms with Crippen LogP contribution in [0, 0.1) is 6.92 Å². The molecular formula is C14H14N2S2. The molecule has 0 aliphatic rings. The Kier molecular flexibility index (Phi) is 3.16. The molecule has 2 heterocycles. The minimum absolute atomic E-state index is 0.178. The number of hydrogen-bond donors (Lipinski definition) is 1. The van der Waals surface area contributed by atoms with Crippen molar-refractivity contribution in [3.63, 3.8) is 0 Å². The van der Waals surface area contributed by atoms with Gasteiger partial charge in [0.25, 0.3) is 0 Å². The summed E-state index contributed by atoms with van der Waals surface area (Å²) in [6, 6.07) is 8.82. The Morgan fingerprint density at radius 2 is 2.11 bits per heavy atom. The Morgan fingerprint density at radius 1 is 1.22 bits per heavy atom. The molecule has 0 aliphatic heterocycles. The smallest absolute Gasteiger partial charge is 0.0898 e. The Hall–Kier alpha value is -1.23. The maximum absolute atomic E-state index is 4.61. The van der Waals surface area contributed by atoms with E-state index >= 15 is 0 Å². The van der Waals surface area contributed by atoms with Crippen LogP contribution in [0.4, 0.5) is 0 Å². The molecule has 0 radical (unpaired) electrons. The molecule has 18 heavy (non-hydrogen) atoms. The second kappa shape index (κ2) is 4.80. The first-order chi connectivity index (χ1) is 8.79. The van der Waals surface area contributed by atoms with Gasteiger partial charge in [0.1, 0.15) is 0 Å². The molecule has 0 amide bonds. The summed E-state index contributed by atoms with van der Waals surface area (Å²) < 4.78 is 1.35. The van der Waals surface area contributed by atoms with Crippen molar-refractivity contribution in [3.8, 4) is 0 Å². The zero-order valence-electron chi connectivity index (χ0n) is 10.3. The minimum atomic E-state index is 0.178. The monoisotopic (exact) mass is 274 g/mol. The second-order valence-corrected chi connectivity index (χ2v) is 6.18. The van der Waals surface area contributed by atoms with Gasteiger partial charge in [-0.25, -0.2) is 4.98 Å². The van der Waals surface area contributed by atoms with Crippen molar-refractivity contribution in [3.05, 3.63) is 51.3 Å². The molecule has 2 aromatic heterocycles. The van der Waals surface area contributed by atoms with Crippen molar-refractivity contribution in [1.29, 1.82) is 0 Å². The molecule has 1 N–H and O–H groups in total. The molecule has 3 aromatic rings. The average Bonchev–Trinajstić information content (AvgIpc) is 2.99. The first-order valence-electron chi connectivity index (χ1n) is 5.85. The number of benzene rings is 1. The van der Waals surface area contributed by atoms with Crippen LogP contribution in [0.5, 0.6) is 0 Å². The van der Waals surface area contributed by atoms with Gasteiger partial charge in [0, 0.05) is 10.1 Å². The normalized spacial score (nSPS) is 13.0. The van der Waals surface area contributed by atoms with Crippen LogP contribution in [-0.4, -0.2) is 12.0 Å². The Balaban J connectivity index is 2.14. The van der Waals surface area contributed by atoms with E-state index in [4.69, 9.17) is 0 Å². The van der Waals surface area contributed by atoms with Crippen LogP contribution in [-0.2, 0) is 0 Å². The molecule has 4 heteroatoms. The zero-order valence-corrected chi connectivity index (χ0v) is 11.9. The van der Waals surface area contributed by atoms with Crippen LogP contribution < -0.4 is 5.32 Å². The average molecular weight is 274 g/mol. The molecule has 0 saturated heterocycles. The number of rotatable bonds is 3. The van der Waals surface area contributed by atoms with E-state index in [0.717, 1.165) is 10.7 Å².